The third kappa shape index (κ3) is 4.67. The first-order valence-electron chi connectivity index (χ1n) is 10.5. The van der Waals surface area contributed by atoms with E-state index in [0.717, 1.165) is 44.6 Å². The minimum Gasteiger partial charge on any atom is -0.444 e. The number of piperidine rings is 1. The molecule has 2 aliphatic heterocycles. The van der Waals surface area contributed by atoms with E-state index in [9.17, 15) is 9.59 Å². The second-order valence-corrected chi connectivity index (χ2v) is 9.37. The molecule has 3 heterocycles. The monoisotopic (exact) mass is 390 g/mol. The van der Waals surface area contributed by atoms with Gasteiger partial charge in [-0.2, -0.15) is 0 Å². The van der Waals surface area contributed by atoms with E-state index in [0.29, 0.717) is 30.7 Å². The highest BCUT2D eigenvalue weighted by Gasteiger charge is 2.33. The van der Waals surface area contributed by atoms with Gasteiger partial charge in [-0.15, -0.1) is 0 Å². The van der Waals surface area contributed by atoms with Crippen molar-refractivity contribution in [2.75, 3.05) is 26.2 Å². The Hall–Kier alpha value is -2.05. The molecule has 156 valence electrons. The summed E-state index contributed by atoms with van der Waals surface area (Å²) in [6.07, 6.45) is 4.39. The third-order valence-corrected chi connectivity index (χ3v) is 5.50. The van der Waals surface area contributed by atoms with E-state index in [1.54, 1.807) is 4.90 Å². The Balaban J connectivity index is 1.61. The summed E-state index contributed by atoms with van der Waals surface area (Å²) in [6.45, 7) is 13.7. The lowest BCUT2D eigenvalue weighted by Crippen LogP contribution is -2.43. The van der Waals surface area contributed by atoms with Gasteiger partial charge in [0.2, 0.25) is 0 Å². The van der Waals surface area contributed by atoms with Gasteiger partial charge in [-0.25, -0.2) is 9.78 Å². The molecule has 0 bridgehead atoms. The summed E-state index contributed by atoms with van der Waals surface area (Å²) in [5, 5.41) is 0. The van der Waals surface area contributed by atoms with Crippen LogP contribution in [0.4, 0.5) is 4.79 Å². The van der Waals surface area contributed by atoms with E-state index >= 15 is 0 Å². The maximum Gasteiger partial charge on any atom is 0.410 e. The molecule has 2 aliphatic rings. The molecule has 7 nitrogen and oxygen atoms in total. The van der Waals surface area contributed by atoms with Gasteiger partial charge >= 0.3 is 6.09 Å². The van der Waals surface area contributed by atoms with E-state index < -0.39 is 5.60 Å². The van der Waals surface area contributed by atoms with E-state index in [1.807, 2.05) is 31.9 Å². The molecule has 0 N–H and O–H groups in total. The van der Waals surface area contributed by atoms with Crippen LogP contribution in [0.25, 0.3) is 0 Å². The van der Waals surface area contributed by atoms with Crippen LogP contribution < -0.4 is 0 Å². The minimum atomic E-state index is -0.472. The zero-order chi connectivity index (χ0) is 20.5. The number of likely N-dealkylation sites (tertiary alicyclic amines) is 1. The number of hydrogen-bond acceptors (Lipinski definition) is 4. The van der Waals surface area contributed by atoms with Crippen molar-refractivity contribution in [3.8, 4) is 0 Å². The van der Waals surface area contributed by atoms with Crippen LogP contribution >= 0.6 is 0 Å². The van der Waals surface area contributed by atoms with Crippen molar-refractivity contribution in [1.29, 1.82) is 0 Å². The Kier molecular flexibility index (Phi) is 6.01. The van der Waals surface area contributed by atoms with Gasteiger partial charge in [0.15, 0.2) is 5.82 Å². The summed E-state index contributed by atoms with van der Waals surface area (Å²) >= 11 is 0. The molecule has 1 aromatic heterocycles. The standard InChI is InChI=1S/C21H34N4O3/c1-15(2)6-9-23-12-13-25-17(14-22-18(25)19(23)26)16-7-10-24(11-8-16)20(27)28-21(3,4)5/h14-16H,6-13H2,1-5H3. The molecule has 28 heavy (non-hydrogen) atoms. The van der Waals surface area contributed by atoms with Crippen molar-refractivity contribution >= 4 is 12.0 Å². The fraction of sp³-hybridized carbons (Fsp3) is 0.762. The number of nitrogens with zero attached hydrogens (tertiary/aromatic N) is 4. The molecular weight excluding hydrogens is 356 g/mol. The number of aromatic nitrogens is 2. The molecule has 1 fully saturated rings. The van der Waals surface area contributed by atoms with Crippen molar-refractivity contribution in [2.24, 2.45) is 5.92 Å². The first kappa shape index (κ1) is 20.7. The lowest BCUT2D eigenvalue weighted by Gasteiger charge is -2.34. The van der Waals surface area contributed by atoms with Crippen LogP contribution in [0.3, 0.4) is 0 Å². The molecule has 0 unspecified atom stereocenters. The highest BCUT2D eigenvalue weighted by Crippen LogP contribution is 2.30. The quantitative estimate of drug-likeness (QED) is 0.789. The van der Waals surface area contributed by atoms with E-state index in [-0.39, 0.29) is 12.0 Å². The third-order valence-electron chi connectivity index (χ3n) is 5.50. The van der Waals surface area contributed by atoms with Crippen molar-refractivity contribution in [3.63, 3.8) is 0 Å². The highest BCUT2D eigenvalue weighted by molar-refractivity contribution is 5.91. The first-order valence-corrected chi connectivity index (χ1v) is 10.5. The van der Waals surface area contributed by atoms with Gasteiger partial charge in [0.05, 0.1) is 0 Å². The number of fused-ring (bicyclic) bond motifs is 1. The Bertz CT molecular complexity index is 712. The summed E-state index contributed by atoms with van der Waals surface area (Å²) < 4.78 is 7.58. The van der Waals surface area contributed by atoms with Crippen LogP contribution in [-0.2, 0) is 11.3 Å². The van der Waals surface area contributed by atoms with Crippen molar-refractivity contribution in [2.45, 2.75) is 71.9 Å². The zero-order valence-electron chi connectivity index (χ0n) is 17.9. The second kappa shape index (κ2) is 8.13. The number of carbonyl (C=O) groups is 2. The molecular formula is C21H34N4O3. The van der Waals surface area contributed by atoms with Crippen molar-refractivity contribution < 1.29 is 14.3 Å². The van der Waals surface area contributed by atoms with Gasteiger partial charge in [0.25, 0.3) is 5.91 Å². The van der Waals surface area contributed by atoms with Crippen molar-refractivity contribution in [3.05, 3.63) is 17.7 Å². The highest BCUT2D eigenvalue weighted by atomic mass is 16.6. The topological polar surface area (TPSA) is 67.7 Å². The van der Waals surface area contributed by atoms with E-state index in [2.05, 4.69) is 23.4 Å². The van der Waals surface area contributed by atoms with E-state index in [1.165, 1.54) is 0 Å². The molecule has 0 aromatic carbocycles. The molecule has 0 aliphatic carbocycles. The number of amides is 2. The lowest BCUT2D eigenvalue weighted by molar-refractivity contribution is 0.0203. The SMILES string of the molecule is CC(C)CCN1CCn2c(C3CCN(C(=O)OC(C)(C)C)CC3)cnc2C1=O. The summed E-state index contributed by atoms with van der Waals surface area (Å²) in [7, 11) is 0. The summed E-state index contributed by atoms with van der Waals surface area (Å²) in [5.41, 5.74) is 0.663. The molecule has 2 amide bonds. The van der Waals surface area contributed by atoms with Crippen LogP contribution in [0.1, 0.15) is 76.1 Å². The Morgan fingerprint density at radius 1 is 1.21 bits per heavy atom. The molecule has 0 atom stereocenters. The van der Waals surface area contributed by atoms with Gasteiger partial charge in [-0.3, -0.25) is 4.79 Å². The largest absolute Gasteiger partial charge is 0.444 e. The number of imidazole rings is 1. The molecule has 7 heteroatoms. The number of carbonyl (C=O) groups excluding carboxylic acids is 2. The molecule has 0 saturated carbocycles. The van der Waals surface area contributed by atoms with Crippen LogP contribution in [0.15, 0.2) is 6.20 Å². The van der Waals surface area contributed by atoms with Crippen LogP contribution in [0.2, 0.25) is 0 Å². The van der Waals surface area contributed by atoms with Gasteiger partial charge in [0, 0.05) is 50.5 Å². The number of ether oxygens (including phenoxy) is 1. The summed E-state index contributed by atoms with van der Waals surface area (Å²) in [5.74, 6) is 1.53. The minimum absolute atomic E-state index is 0.0457. The van der Waals surface area contributed by atoms with Crippen LogP contribution in [0, 0.1) is 5.92 Å². The fourth-order valence-electron chi connectivity index (χ4n) is 3.90. The van der Waals surface area contributed by atoms with Crippen molar-refractivity contribution in [1.82, 2.24) is 19.4 Å². The predicted octanol–water partition coefficient (Wildman–Crippen LogP) is 3.50. The Labute approximate surface area is 168 Å². The van der Waals surface area contributed by atoms with Gasteiger partial charge < -0.3 is 19.1 Å². The number of hydrogen-bond donors (Lipinski definition) is 0. The van der Waals surface area contributed by atoms with Gasteiger partial charge in [0.1, 0.15) is 5.60 Å². The average Bonchev–Trinajstić information content (AvgIpc) is 3.04. The average molecular weight is 391 g/mol. The normalized spacial score (nSPS) is 18.6. The van der Waals surface area contributed by atoms with Gasteiger partial charge in [-0.05, 0) is 46.0 Å². The molecule has 0 spiro atoms. The zero-order valence-corrected chi connectivity index (χ0v) is 17.9. The van der Waals surface area contributed by atoms with Crippen LogP contribution in [0.5, 0.6) is 0 Å². The molecule has 1 aromatic rings. The van der Waals surface area contributed by atoms with Gasteiger partial charge in [-0.1, -0.05) is 13.8 Å². The maximum absolute atomic E-state index is 12.8. The Morgan fingerprint density at radius 2 is 1.89 bits per heavy atom. The predicted molar refractivity (Wildman–Crippen MR) is 107 cm³/mol. The maximum atomic E-state index is 12.8. The fourth-order valence-corrected chi connectivity index (χ4v) is 3.90. The molecule has 1 saturated heterocycles. The summed E-state index contributed by atoms with van der Waals surface area (Å²) in [4.78, 5) is 33.2. The molecule has 0 radical (unpaired) electrons. The van der Waals surface area contributed by atoms with E-state index in [4.69, 9.17) is 4.74 Å². The summed E-state index contributed by atoms with van der Waals surface area (Å²) in [6, 6.07) is 0. The molecule has 3 rings (SSSR count). The first-order chi connectivity index (χ1) is 13.2. The van der Waals surface area contributed by atoms with Crippen LogP contribution in [-0.4, -0.2) is 63.1 Å². The smallest absolute Gasteiger partial charge is 0.410 e. The number of rotatable bonds is 4. The lowest BCUT2D eigenvalue weighted by atomic mass is 9.94. The Morgan fingerprint density at radius 3 is 2.50 bits per heavy atom. The second-order valence-electron chi connectivity index (χ2n) is 9.37.